The summed E-state index contributed by atoms with van der Waals surface area (Å²) in [5.74, 6) is -0.745. The topological polar surface area (TPSA) is 66.5 Å². The summed E-state index contributed by atoms with van der Waals surface area (Å²) >= 11 is 7.43. The first-order chi connectivity index (χ1) is 13.7. The maximum atomic E-state index is 13.4. The van der Waals surface area contributed by atoms with Crippen molar-refractivity contribution in [2.45, 2.75) is 49.3 Å². The van der Waals surface area contributed by atoms with Crippen molar-refractivity contribution in [3.05, 3.63) is 29.8 Å². The molecule has 3 fully saturated rings. The standard InChI is InChI=1S/C22H26Br2N2O3/c1-10(2)7-15(20(27)25-12-6-4-5-11(3)8-12)26-21(28)16-13-9-14(17(16)22(26)29)19(24)18(13)23/h4-6,8,10,13-19H,7,9H2,1-3H3,(H,25,27)/t13-,14-,15+,16-,17-,18+,19+/m1/s1. The van der Waals surface area contributed by atoms with Crippen LogP contribution in [0.3, 0.4) is 0 Å². The molecule has 2 aliphatic carbocycles. The Balaban J connectivity index is 1.61. The van der Waals surface area contributed by atoms with E-state index >= 15 is 0 Å². The molecule has 1 aromatic rings. The number of carbonyl (C=O) groups excluding carboxylic acids is 3. The summed E-state index contributed by atoms with van der Waals surface area (Å²) in [5.41, 5.74) is 1.72. The van der Waals surface area contributed by atoms with Crippen LogP contribution in [0, 0.1) is 36.5 Å². The van der Waals surface area contributed by atoms with Crippen LogP contribution in [-0.4, -0.2) is 38.3 Å². The van der Waals surface area contributed by atoms with E-state index in [4.69, 9.17) is 0 Å². The van der Waals surface area contributed by atoms with Crippen LogP contribution in [0.4, 0.5) is 5.69 Å². The van der Waals surface area contributed by atoms with Crippen LogP contribution in [0.2, 0.25) is 0 Å². The molecule has 0 spiro atoms. The lowest BCUT2D eigenvalue weighted by Crippen LogP contribution is -2.49. The molecule has 2 saturated carbocycles. The second-order valence-electron chi connectivity index (χ2n) is 9.05. The molecule has 5 nitrogen and oxygen atoms in total. The number of hydrogen-bond acceptors (Lipinski definition) is 3. The number of likely N-dealkylation sites (tertiary alicyclic amines) is 1. The minimum Gasteiger partial charge on any atom is -0.324 e. The van der Waals surface area contributed by atoms with Crippen LogP contribution < -0.4 is 5.32 Å². The number of amides is 3. The highest BCUT2D eigenvalue weighted by molar-refractivity contribution is 9.12. The highest BCUT2D eigenvalue weighted by Crippen LogP contribution is 2.60. The van der Waals surface area contributed by atoms with Crippen LogP contribution in [0.5, 0.6) is 0 Å². The van der Waals surface area contributed by atoms with E-state index in [9.17, 15) is 14.4 Å². The van der Waals surface area contributed by atoms with E-state index in [0.29, 0.717) is 12.1 Å². The largest absolute Gasteiger partial charge is 0.324 e. The van der Waals surface area contributed by atoms with Crippen LogP contribution in [-0.2, 0) is 14.4 Å². The molecule has 1 aromatic carbocycles. The number of halogens is 2. The molecule has 1 saturated heterocycles. The molecule has 3 aliphatic rings. The Bertz CT molecular complexity index is 826. The minimum atomic E-state index is -0.775. The van der Waals surface area contributed by atoms with Gasteiger partial charge in [0, 0.05) is 15.3 Å². The highest BCUT2D eigenvalue weighted by atomic mass is 79.9. The summed E-state index contributed by atoms with van der Waals surface area (Å²) in [4.78, 5) is 41.6. The first-order valence-electron chi connectivity index (χ1n) is 10.2. The van der Waals surface area contributed by atoms with Gasteiger partial charge in [0.1, 0.15) is 6.04 Å². The number of alkyl halides is 2. The lowest BCUT2D eigenvalue weighted by Gasteiger charge is -2.28. The lowest BCUT2D eigenvalue weighted by molar-refractivity contribution is -0.147. The Morgan fingerprint density at radius 2 is 1.72 bits per heavy atom. The smallest absolute Gasteiger partial charge is 0.247 e. The maximum absolute atomic E-state index is 13.4. The maximum Gasteiger partial charge on any atom is 0.247 e. The number of anilines is 1. The molecule has 4 rings (SSSR count). The molecule has 1 aliphatic heterocycles. The summed E-state index contributed by atoms with van der Waals surface area (Å²) < 4.78 is 0. The third-order valence-corrected chi connectivity index (χ3v) is 9.82. The fourth-order valence-corrected chi connectivity index (χ4v) is 7.28. The second kappa shape index (κ2) is 7.80. The zero-order valence-electron chi connectivity index (χ0n) is 16.8. The fraction of sp³-hybridized carbons (Fsp3) is 0.591. The molecule has 1 heterocycles. The third kappa shape index (κ3) is 3.48. The molecule has 7 atom stereocenters. The van der Waals surface area contributed by atoms with Gasteiger partial charge in [-0.3, -0.25) is 19.3 Å². The van der Waals surface area contributed by atoms with Gasteiger partial charge in [-0.25, -0.2) is 0 Å². The van der Waals surface area contributed by atoms with Gasteiger partial charge in [-0.1, -0.05) is 57.8 Å². The van der Waals surface area contributed by atoms with E-state index < -0.39 is 6.04 Å². The van der Waals surface area contributed by atoms with Gasteiger partial charge >= 0.3 is 0 Å². The van der Waals surface area contributed by atoms with Crippen molar-refractivity contribution in [3.8, 4) is 0 Å². The number of rotatable bonds is 5. The molecule has 3 amide bonds. The van der Waals surface area contributed by atoms with Crippen LogP contribution in [0.1, 0.15) is 32.3 Å². The first kappa shape index (κ1) is 21.0. The number of carbonyl (C=O) groups is 3. The summed E-state index contributed by atoms with van der Waals surface area (Å²) in [7, 11) is 0. The van der Waals surface area contributed by atoms with E-state index in [1.165, 1.54) is 4.90 Å². The molecule has 2 bridgehead atoms. The van der Waals surface area contributed by atoms with E-state index in [1.807, 2.05) is 45.0 Å². The van der Waals surface area contributed by atoms with Crippen molar-refractivity contribution in [2.24, 2.45) is 29.6 Å². The van der Waals surface area contributed by atoms with E-state index in [-0.39, 0.29) is 57.0 Å². The third-order valence-electron chi connectivity index (χ3n) is 6.62. The average molecular weight is 526 g/mol. The number of nitrogens with one attached hydrogen (secondary N) is 1. The number of hydrogen-bond donors (Lipinski definition) is 1. The predicted molar refractivity (Wildman–Crippen MR) is 119 cm³/mol. The number of imide groups is 1. The van der Waals surface area contributed by atoms with Gasteiger partial charge in [0.15, 0.2) is 0 Å². The van der Waals surface area contributed by atoms with Crippen molar-refractivity contribution in [2.75, 3.05) is 5.32 Å². The predicted octanol–water partition coefficient (Wildman–Crippen LogP) is 4.13. The van der Waals surface area contributed by atoms with Crippen LogP contribution in [0.15, 0.2) is 24.3 Å². The number of benzene rings is 1. The molecule has 0 unspecified atom stereocenters. The van der Waals surface area contributed by atoms with Gasteiger partial charge < -0.3 is 5.32 Å². The zero-order chi connectivity index (χ0) is 21.0. The monoisotopic (exact) mass is 524 g/mol. The molecule has 0 aromatic heterocycles. The second-order valence-corrected chi connectivity index (χ2v) is 11.2. The lowest BCUT2D eigenvalue weighted by atomic mass is 9.81. The Labute approximate surface area is 188 Å². The van der Waals surface area contributed by atoms with Crippen molar-refractivity contribution in [1.82, 2.24) is 4.90 Å². The van der Waals surface area contributed by atoms with Gasteiger partial charge in [0.25, 0.3) is 0 Å². The quantitative estimate of drug-likeness (QED) is 0.464. The number of fused-ring (bicyclic) bond motifs is 5. The molecule has 0 radical (unpaired) electrons. The summed E-state index contributed by atoms with van der Waals surface area (Å²) in [6.07, 6.45) is 1.34. The molecular weight excluding hydrogens is 500 g/mol. The molecule has 29 heavy (non-hydrogen) atoms. The molecular formula is C22H26Br2N2O3. The van der Waals surface area contributed by atoms with Crippen molar-refractivity contribution < 1.29 is 14.4 Å². The Hall–Kier alpha value is -1.21. The van der Waals surface area contributed by atoms with Crippen LogP contribution in [0.25, 0.3) is 0 Å². The van der Waals surface area contributed by atoms with E-state index in [1.54, 1.807) is 0 Å². The molecule has 1 N–H and O–H groups in total. The van der Waals surface area contributed by atoms with E-state index in [2.05, 4.69) is 37.2 Å². The van der Waals surface area contributed by atoms with Gasteiger partial charge in [0.05, 0.1) is 11.8 Å². The van der Waals surface area contributed by atoms with Crippen molar-refractivity contribution >= 4 is 55.3 Å². The van der Waals surface area contributed by atoms with Crippen LogP contribution >= 0.6 is 31.9 Å². The molecule has 7 heteroatoms. The Morgan fingerprint density at radius 1 is 1.14 bits per heavy atom. The Morgan fingerprint density at radius 3 is 2.24 bits per heavy atom. The first-order valence-corrected chi connectivity index (χ1v) is 12.1. The van der Waals surface area contributed by atoms with Gasteiger partial charge in [0.2, 0.25) is 17.7 Å². The van der Waals surface area contributed by atoms with Gasteiger partial charge in [-0.15, -0.1) is 0 Å². The minimum absolute atomic E-state index is 0.148. The summed E-state index contributed by atoms with van der Waals surface area (Å²) in [6.45, 7) is 5.97. The number of nitrogens with zero attached hydrogens (tertiary/aromatic N) is 1. The van der Waals surface area contributed by atoms with E-state index in [0.717, 1.165) is 12.0 Å². The Kier molecular flexibility index (Phi) is 5.66. The zero-order valence-corrected chi connectivity index (χ0v) is 19.9. The highest BCUT2D eigenvalue weighted by Gasteiger charge is 2.67. The summed E-state index contributed by atoms with van der Waals surface area (Å²) in [6, 6.07) is 6.77. The summed E-state index contributed by atoms with van der Waals surface area (Å²) in [5, 5.41) is 2.92. The SMILES string of the molecule is Cc1cccc(NC(=O)[C@H](CC(C)C)N2C(=O)[C@@H]3[C@H]4C[C@@H]([C@H](Br)[C@H]4Br)[C@H]3C2=O)c1. The van der Waals surface area contributed by atoms with Gasteiger partial charge in [-0.05, 0) is 55.2 Å². The number of aryl methyl sites for hydroxylation is 1. The molecule has 156 valence electrons. The fourth-order valence-electron chi connectivity index (χ4n) is 5.40. The normalized spacial score (nSPS) is 34.1. The van der Waals surface area contributed by atoms with Crippen molar-refractivity contribution in [3.63, 3.8) is 0 Å². The van der Waals surface area contributed by atoms with Gasteiger partial charge in [-0.2, -0.15) is 0 Å². The van der Waals surface area contributed by atoms with Crippen molar-refractivity contribution in [1.29, 1.82) is 0 Å². The average Bonchev–Trinajstić information content (AvgIpc) is 3.25.